The van der Waals surface area contributed by atoms with Crippen LogP contribution in [0.5, 0.6) is 0 Å². The van der Waals surface area contributed by atoms with E-state index >= 15 is 0 Å². The van der Waals surface area contributed by atoms with Gasteiger partial charge in [-0.2, -0.15) is 0 Å². The minimum absolute atomic E-state index is 0.623. The average Bonchev–Trinajstić information content (AvgIpc) is 3.74. The molecule has 0 aliphatic heterocycles. The molecule has 0 amide bonds. The molecular formula is C45H28N4O. The highest BCUT2D eigenvalue weighted by Crippen LogP contribution is 2.41. The standard InChI is InChI=1S/C45H28N4O/c1-4-12-29(13-5-1)33-22-25-35-37-26-27-38-36-18-10-11-19-40(36)50-42(38)41(37)49(39(35)28-33)34-23-20-32(21-24-34)45-47-43(30-14-6-2-7-15-30)46-44(48-45)31-16-8-3-9-17-31/h1-28H. The van der Waals surface area contributed by atoms with E-state index in [0.717, 1.165) is 66.3 Å². The Kier molecular flexibility index (Phi) is 6.42. The third-order valence-corrected chi connectivity index (χ3v) is 9.46. The first-order valence-electron chi connectivity index (χ1n) is 16.7. The molecule has 0 saturated heterocycles. The largest absolute Gasteiger partial charge is 0.454 e. The molecule has 0 aliphatic rings. The van der Waals surface area contributed by atoms with Gasteiger partial charge in [0.25, 0.3) is 0 Å². The summed E-state index contributed by atoms with van der Waals surface area (Å²) in [6.45, 7) is 0. The number of rotatable bonds is 5. The van der Waals surface area contributed by atoms with E-state index in [1.54, 1.807) is 0 Å². The molecule has 0 N–H and O–H groups in total. The van der Waals surface area contributed by atoms with Gasteiger partial charge in [0.2, 0.25) is 0 Å². The molecule has 10 rings (SSSR count). The zero-order valence-electron chi connectivity index (χ0n) is 26.9. The zero-order chi connectivity index (χ0) is 33.0. The number of benzene rings is 7. The number of furan rings is 1. The average molecular weight is 641 g/mol. The van der Waals surface area contributed by atoms with Crippen molar-refractivity contribution in [2.75, 3.05) is 0 Å². The van der Waals surface area contributed by atoms with Crippen LogP contribution in [0.15, 0.2) is 174 Å². The van der Waals surface area contributed by atoms with Crippen LogP contribution in [-0.2, 0) is 0 Å². The normalized spacial score (nSPS) is 11.6. The molecule has 50 heavy (non-hydrogen) atoms. The van der Waals surface area contributed by atoms with Crippen molar-refractivity contribution in [2.24, 2.45) is 0 Å². The zero-order valence-corrected chi connectivity index (χ0v) is 26.9. The predicted molar refractivity (Wildman–Crippen MR) is 203 cm³/mol. The van der Waals surface area contributed by atoms with Gasteiger partial charge in [-0.05, 0) is 53.6 Å². The Balaban J connectivity index is 1.19. The van der Waals surface area contributed by atoms with Crippen molar-refractivity contribution < 1.29 is 4.42 Å². The maximum absolute atomic E-state index is 6.63. The highest BCUT2D eigenvalue weighted by atomic mass is 16.3. The van der Waals surface area contributed by atoms with Gasteiger partial charge >= 0.3 is 0 Å². The van der Waals surface area contributed by atoms with Crippen LogP contribution in [0, 0.1) is 0 Å². The molecule has 0 bridgehead atoms. The maximum Gasteiger partial charge on any atom is 0.164 e. The lowest BCUT2D eigenvalue weighted by molar-refractivity contribution is 0.671. The Labute approximate surface area is 287 Å². The molecule has 0 fully saturated rings. The van der Waals surface area contributed by atoms with Crippen LogP contribution in [0.3, 0.4) is 0 Å². The number of nitrogens with zero attached hydrogens (tertiary/aromatic N) is 4. The second-order valence-electron chi connectivity index (χ2n) is 12.5. The van der Waals surface area contributed by atoms with Gasteiger partial charge in [0.15, 0.2) is 23.1 Å². The second kappa shape index (κ2) is 11.4. The van der Waals surface area contributed by atoms with Gasteiger partial charge < -0.3 is 8.98 Å². The Morgan fingerprint density at radius 1 is 0.380 bits per heavy atom. The molecule has 0 aliphatic carbocycles. The SMILES string of the molecule is c1ccc(-c2ccc3c4ccc5c6ccccc6oc5c4n(-c4ccc(-c5nc(-c6ccccc6)nc(-c6ccccc6)n5)cc4)c3c2)cc1. The van der Waals surface area contributed by atoms with Gasteiger partial charge in [0, 0.05) is 43.9 Å². The summed E-state index contributed by atoms with van der Waals surface area (Å²) >= 11 is 0. The first-order valence-corrected chi connectivity index (χ1v) is 16.7. The summed E-state index contributed by atoms with van der Waals surface area (Å²) in [4.78, 5) is 14.8. The van der Waals surface area contributed by atoms with Crippen molar-refractivity contribution in [1.82, 2.24) is 19.5 Å². The van der Waals surface area contributed by atoms with E-state index in [2.05, 4.69) is 102 Å². The van der Waals surface area contributed by atoms with Gasteiger partial charge in [-0.15, -0.1) is 0 Å². The van der Waals surface area contributed by atoms with Gasteiger partial charge in [0.1, 0.15) is 5.58 Å². The third kappa shape index (κ3) is 4.60. The van der Waals surface area contributed by atoms with Gasteiger partial charge in [0.05, 0.1) is 11.0 Å². The summed E-state index contributed by atoms with van der Waals surface area (Å²) in [6.07, 6.45) is 0. The fourth-order valence-electron chi connectivity index (χ4n) is 7.05. The number of hydrogen-bond acceptors (Lipinski definition) is 4. The number of aromatic nitrogens is 4. The molecule has 10 aromatic rings. The lowest BCUT2D eigenvalue weighted by atomic mass is 10.0. The van der Waals surface area contributed by atoms with E-state index in [-0.39, 0.29) is 0 Å². The van der Waals surface area contributed by atoms with Crippen molar-refractivity contribution >= 4 is 43.7 Å². The topological polar surface area (TPSA) is 56.7 Å². The Morgan fingerprint density at radius 2 is 0.880 bits per heavy atom. The molecule has 0 atom stereocenters. The predicted octanol–water partition coefficient (Wildman–Crippen LogP) is 11.5. The van der Waals surface area contributed by atoms with E-state index in [9.17, 15) is 0 Å². The Hall–Kier alpha value is -6.85. The molecule has 3 aromatic heterocycles. The van der Waals surface area contributed by atoms with E-state index in [1.807, 2.05) is 72.8 Å². The smallest absolute Gasteiger partial charge is 0.164 e. The van der Waals surface area contributed by atoms with Gasteiger partial charge in [-0.3, -0.25) is 0 Å². The second-order valence-corrected chi connectivity index (χ2v) is 12.5. The fourth-order valence-corrected chi connectivity index (χ4v) is 7.05. The third-order valence-electron chi connectivity index (χ3n) is 9.46. The lowest BCUT2D eigenvalue weighted by Gasteiger charge is -2.11. The highest BCUT2D eigenvalue weighted by molar-refractivity contribution is 6.21. The number of hydrogen-bond donors (Lipinski definition) is 0. The molecule has 234 valence electrons. The van der Waals surface area contributed by atoms with Crippen LogP contribution in [0.4, 0.5) is 0 Å². The Bertz CT molecular complexity index is 2780. The lowest BCUT2D eigenvalue weighted by Crippen LogP contribution is -2.00. The summed E-state index contributed by atoms with van der Waals surface area (Å²) in [5.41, 5.74) is 10.1. The number of fused-ring (bicyclic) bond motifs is 7. The van der Waals surface area contributed by atoms with Crippen LogP contribution >= 0.6 is 0 Å². The molecular weight excluding hydrogens is 613 g/mol. The van der Waals surface area contributed by atoms with Crippen molar-refractivity contribution in [3.8, 4) is 51.0 Å². The summed E-state index contributed by atoms with van der Waals surface area (Å²) in [6, 6.07) is 58.6. The van der Waals surface area contributed by atoms with E-state index in [1.165, 1.54) is 10.9 Å². The Morgan fingerprint density at radius 3 is 1.52 bits per heavy atom. The number of para-hydroxylation sites is 1. The maximum atomic E-state index is 6.63. The fraction of sp³-hybridized carbons (Fsp3) is 0. The van der Waals surface area contributed by atoms with Crippen molar-refractivity contribution in [1.29, 1.82) is 0 Å². The van der Waals surface area contributed by atoms with Crippen LogP contribution in [0.25, 0.3) is 94.7 Å². The van der Waals surface area contributed by atoms with Gasteiger partial charge in [-0.1, -0.05) is 127 Å². The molecule has 7 aromatic carbocycles. The first kappa shape index (κ1) is 28.2. The molecule has 0 spiro atoms. The van der Waals surface area contributed by atoms with Crippen LogP contribution in [0.2, 0.25) is 0 Å². The van der Waals surface area contributed by atoms with Crippen LogP contribution in [-0.4, -0.2) is 19.5 Å². The summed E-state index contributed by atoms with van der Waals surface area (Å²) in [7, 11) is 0. The minimum Gasteiger partial charge on any atom is -0.454 e. The molecule has 5 heteroatoms. The summed E-state index contributed by atoms with van der Waals surface area (Å²) in [5, 5.41) is 4.53. The first-order chi connectivity index (χ1) is 24.8. The molecule has 0 saturated carbocycles. The highest BCUT2D eigenvalue weighted by Gasteiger charge is 2.20. The minimum atomic E-state index is 0.623. The van der Waals surface area contributed by atoms with E-state index in [4.69, 9.17) is 19.4 Å². The van der Waals surface area contributed by atoms with Crippen molar-refractivity contribution in [2.45, 2.75) is 0 Å². The van der Waals surface area contributed by atoms with E-state index in [0.29, 0.717) is 17.5 Å². The molecule has 0 radical (unpaired) electrons. The van der Waals surface area contributed by atoms with Crippen LogP contribution < -0.4 is 0 Å². The van der Waals surface area contributed by atoms with Crippen molar-refractivity contribution in [3.05, 3.63) is 170 Å². The summed E-state index contributed by atoms with van der Waals surface area (Å²) < 4.78 is 8.97. The quantitative estimate of drug-likeness (QED) is 0.188. The summed E-state index contributed by atoms with van der Waals surface area (Å²) in [5.74, 6) is 1.90. The molecule has 5 nitrogen and oxygen atoms in total. The van der Waals surface area contributed by atoms with Crippen LogP contribution in [0.1, 0.15) is 0 Å². The van der Waals surface area contributed by atoms with Crippen molar-refractivity contribution in [3.63, 3.8) is 0 Å². The monoisotopic (exact) mass is 640 g/mol. The van der Waals surface area contributed by atoms with E-state index < -0.39 is 0 Å². The van der Waals surface area contributed by atoms with Gasteiger partial charge in [-0.25, -0.2) is 15.0 Å². The molecule has 3 heterocycles. The molecule has 0 unspecified atom stereocenters.